The molecule has 3 aliphatic rings. The number of piperazine rings is 1. The van der Waals surface area contributed by atoms with E-state index in [0.29, 0.717) is 42.8 Å². The topological polar surface area (TPSA) is 78.2 Å². The van der Waals surface area contributed by atoms with Gasteiger partial charge in [0.2, 0.25) is 5.91 Å². The normalized spacial score (nSPS) is 25.4. The van der Waals surface area contributed by atoms with Crippen molar-refractivity contribution in [2.24, 2.45) is 0 Å². The maximum Gasteiger partial charge on any atom is 0.241 e. The Morgan fingerprint density at radius 1 is 1.20 bits per heavy atom. The van der Waals surface area contributed by atoms with Crippen molar-refractivity contribution in [3.8, 4) is 0 Å². The van der Waals surface area contributed by atoms with Crippen LogP contribution in [-0.4, -0.2) is 101 Å². The lowest BCUT2D eigenvalue weighted by atomic mass is 9.90. The number of hydrogen-bond donors (Lipinski definition) is 1. The predicted octanol–water partition coefficient (Wildman–Crippen LogP) is 2.47. The molecule has 1 amide bonds. The molecule has 0 saturated carbocycles. The SMILES string of the molecule is C[C@@H]1CN(CC(=O)N2CC(C)(C)c3c2cc(Cc2ccccc2F)c2ncnn32)[C@@H](CN2CCOC[C@H]2C)CN1. The van der Waals surface area contributed by atoms with Crippen molar-refractivity contribution in [2.75, 3.05) is 57.4 Å². The van der Waals surface area contributed by atoms with Gasteiger partial charge in [-0.3, -0.25) is 14.6 Å². The summed E-state index contributed by atoms with van der Waals surface area (Å²) >= 11 is 0. The van der Waals surface area contributed by atoms with Gasteiger partial charge in [-0.2, -0.15) is 5.10 Å². The second-order valence-corrected chi connectivity index (χ2v) is 12.3. The minimum Gasteiger partial charge on any atom is -0.379 e. The van der Waals surface area contributed by atoms with Crippen LogP contribution < -0.4 is 10.2 Å². The van der Waals surface area contributed by atoms with Gasteiger partial charge in [0.25, 0.3) is 0 Å². The molecule has 10 heteroatoms. The molecule has 3 atom stereocenters. The summed E-state index contributed by atoms with van der Waals surface area (Å²) in [5, 5.41) is 8.17. The van der Waals surface area contributed by atoms with E-state index in [1.807, 2.05) is 21.5 Å². The standard InChI is InChI=1S/C30H40FN7O2/c1-20-14-36(24(13-32-20)15-35-9-10-40-17-21(35)2)16-27(39)37-18-30(3,4)28-26(37)12-23(29-33-19-34-38(28)29)11-22-7-5-6-8-25(22)31/h5-8,12,19-21,24,32H,9-11,13-18H2,1-4H3/t20-,21-,24-/m1/s1. The first kappa shape index (κ1) is 27.3. The molecule has 1 aromatic carbocycles. The second-order valence-electron chi connectivity index (χ2n) is 12.3. The lowest BCUT2D eigenvalue weighted by Crippen LogP contribution is -2.62. The zero-order valence-corrected chi connectivity index (χ0v) is 23.9. The highest BCUT2D eigenvalue weighted by molar-refractivity contribution is 5.97. The first-order valence-corrected chi connectivity index (χ1v) is 14.4. The summed E-state index contributed by atoms with van der Waals surface area (Å²) in [5.41, 5.74) is 3.66. The average molecular weight is 550 g/mol. The van der Waals surface area contributed by atoms with Gasteiger partial charge >= 0.3 is 0 Å². The van der Waals surface area contributed by atoms with Gasteiger partial charge in [0, 0.05) is 68.2 Å². The van der Waals surface area contributed by atoms with Gasteiger partial charge in [0.15, 0.2) is 5.65 Å². The van der Waals surface area contributed by atoms with Crippen LogP contribution in [-0.2, 0) is 21.4 Å². The fourth-order valence-electron chi connectivity index (χ4n) is 6.59. The highest BCUT2D eigenvalue weighted by Gasteiger charge is 2.42. The van der Waals surface area contributed by atoms with E-state index < -0.39 is 0 Å². The zero-order valence-electron chi connectivity index (χ0n) is 23.9. The van der Waals surface area contributed by atoms with Crippen LogP contribution in [0.2, 0.25) is 0 Å². The molecule has 2 saturated heterocycles. The average Bonchev–Trinajstić information content (AvgIpc) is 3.50. The van der Waals surface area contributed by atoms with Crippen molar-refractivity contribution in [3.05, 3.63) is 59.3 Å². The number of fused-ring (bicyclic) bond motifs is 3. The first-order valence-electron chi connectivity index (χ1n) is 14.4. The molecule has 0 bridgehead atoms. The molecule has 0 unspecified atom stereocenters. The summed E-state index contributed by atoms with van der Waals surface area (Å²) in [6, 6.07) is 9.77. The Morgan fingerprint density at radius 2 is 2.02 bits per heavy atom. The van der Waals surface area contributed by atoms with Crippen molar-refractivity contribution in [2.45, 2.75) is 57.7 Å². The molecule has 0 radical (unpaired) electrons. The molecule has 40 heavy (non-hydrogen) atoms. The minimum absolute atomic E-state index is 0.0808. The lowest BCUT2D eigenvalue weighted by molar-refractivity contribution is -0.121. The zero-order chi connectivity index (χ0) is 28.0. The number of nitrogens with zero attached hydrogens (tertiary/aromatic N) is 6. The van der Waals surface area contributed by atoms with Crippen LogP contribution in [0, 0.1) is 5.82 Å². The van der Waals surface area contributed by atoms with Gasteiger partial charge in [0.05, 0.1) is 31.1 Å². The van der Waals surface area contributed by atoms with Crippen molar-refractivity contribution in [1.82, 2.24) is 29.7 Å². The van der Waals surface area contributed by atoms with E-state index in [0.717, 1.165) is 56.3 Å². The first-order chi connectivity index (χ1) is 19.2. The summed E-state index contributed by atoms with van der Waals surface area (Å²) in [5.74, 6) is -0.167. The number of amides is 1. The Labute approximate surface area is 235 Å². The Balaban J connectivity index is 1.29. The predicted molar refractivity (Wildman–Crippen MR) is 152 cm³/mol. The lowest BCUT2D eigenvalue weighted by Gasteiger charge is -2.43. The number of aromatic nitrogens is 3. The van der Waals surface area contributed by atoms with Crippen molar-refractivity contribution >= 4 is 17.2 Å². The fourth-order valence-corrected chi connectivity index (χ4v) is 6.59. The number of anilines is 1. The number of benzene rings is 1. The van der Waals surface area contributed by atoms with Crippen LogP contribution in [0.5, 0.6) is 0 Å². The van der Waals surface area contributed by atoms with E-state index in [1.54, 1.807) is 18.5 Å². The Hall–Kier alpha value is -2.92. The van der Waals surface area contributed by atoms with Gasteiger partial charge in [-0.05, 0) is 31.5 Å². The molecule has 3 aromatic rings. The smallest absolute Gasteiger partial charge is 0.241 e. The third-order valence-corrected chi connectivity index (χ3v) is 8.74. The minimum atomic E-state index is -0.313. The van der Waals surface area contributed by atoms with E-state index in [4.69, 9.17) is 4.74 Å². The third kappa shape index (κ3) is 5.13. The number of hydrogen-bond acceptors (Lipinski definition) is 7. The second kappa shape index (κ2) is 10.8. The number of ether oxygens (including phenoxy) is 1. The van der Waals surface area contributed by atoms with Gasteiger partial charge < -0.3 is 15.0 Å². The quantitative estimate of drug-likeness (QED) is 0.506. The van der Waals surface area contributed by atoms with Crippen LogP contribution in [0.4, 0.5) is 10.1 Å². The number of pyridine rings is 1. The number of rotatable bonds is 6. The summed E-state index contributed by atoms with van der Waals surface area (Å²) in [7, 11) is 0. The summed E-state index contributed by atoms with van der Waals surface area (Å²) < 4.78 is 22.1. The molecule has 3 aliphatic heterocycles. The van der Waals surface area contributed by atoms with Gasteiger partial charge in [-0.25, -0.2) is 13.9 Å². The number of nitrogens with one attached hydrogen (secondary N) is 1. The molecule has 6 rings (SSSR count). The van der Waals surface area contributed by atoms with Crippen molar-refractivity contribution in [1.29, 1.82) is 0 Å². The Kier molecular flexibility index (Phi) is 7.37. The molecular weight excluding hydrogens is 509 g/mol. The molecule has 5 heterocycles. The summed E-state index contributed by atoms with van der Waals surface area (Å²) in [4.78, 5) is 25.4. The fraction of sp³-hybridized carbons (Fsp3) is 0.567. The number of carbonyl (C=O) groups is 1. The van der Waals surface area contributed by atoms with Crippen molar-refractivity contribution in [3.63, 3.8) is 0 Å². The van der Waals surface area contributed by atoms with Crippen LogP contribution in [0.3, 0.4) is 0 Å². The third-order valence-electron chi connectivity index (χ3n) is 8.74. The molecule has 2 aromatic heterocycles. The Bertz CT molecular complexity index is 1390. The Morgan fingerprint density at radius 3 is 2.83 bits per heavy atom. The largest absolute Gasteiger partial charge is 0.379 e. The molecule has 0 spiro atoms. The number of carbonyl (C=O) groups excluding carboxylic acids is 1. The molecule has 9 nitrogen and oxygen atoms in total. The van der Waals surface area contributed by atoms with Crippen LogP contribution >= 0.6 is 0 Å². The van der Waals surface area contributed by atoms with Crippen LogP contribution in [0.15, 0.2) is 36.7 Å². The molecule has 214 valence electrons. The van der Waals surface area contributed by atoms with Gasteiger partial charge in [0.1, 0.15) is 12.1 Å². The molecule has 2 fully saturated rings. The van der Waals surface area contributed by atoms with E-state index in [-0.39, 0.29) is 23.2 Å². The van der Waals surface area contributed by atoms with Crippen LogP contribution in [0.25, 0.3) is 5.65 Å². The summed E-state index contributed by atoms with van der Waals surface area (Å²) in [6.07, 6.45) is 1.92. The van der Waals surface area contributed by atoms with Crippen LogP contribution in [0.1, 0.15) is 44.5 Å². The number of halogens is 1. The van der Waals surface area contributed by atoms with Gasteiger partial charge in [-0.1, -0.05) is 32.0 Å². The molecule has 0 aliphatic carbocycles. The van der Waals surface area contributed by atoms with E-state index in [9.17, 15) is 9.18 Å². The molecular formula is C30H40FN7O2. The highest BCUT2D eigenvalue weighted by Crippen LogP contribution is 2.42. The highest BCUT2D eigenvalue weighted by atomic mass is 19.1. The van der Waals surface area contributed by atoms with Crippen molar-refractivity contribution < 1.29 is 13.9 Å². The maximum absolute atomic E-state index is 14.6. The molecule has 1 N–H and O–H groups in total. The maximum atomic E-state index is 14.6. The van der Waals surface area contributed by atoms with E-state index in [1.165, 1.54) is 6.07 Å². The van der Waals surface area contributed by atoms with Gasteiger partial charge in [-0.15, -0.1) is 0 Å². The monoisotopic (exact) mass is 549 g/mol. The van der Waals surface area contributed by atoms with E-state index in [2.05, 4.69) is 52.9 Å². The number of morpholine rings is 1. The van der Waals surface area contributed by atoms with E-state index >= 15 is 0 Å². The summed E-state index contributed by atoms with van der Waals surface area (Å²) in [6.45, 7) is 14.6.